The van der Waals surface area contributed by atoms with Crippen molar-refractivity contribution < 1.29 is 14.7 Å². The maximum atomic E-state index is 12.0. The van der Waals surface area contributed by atoms with E-state index in [9.17, 15) is 9.59 Å². The van der Waals surface area contributed by atoms with Crippen molar-refractivity contribution >= 4 is 11.9 Å². The summed E-state index contributed by atoms with van der Waals surface area (Å²) in [7, 11) is 0. The third-order valence-corrected chi connectivity index (χ3v) is 4.22. The van der Waals surface area contributed by atoms with E-state index in [1.165, 1.54) is 0 Å². The molecule has 24 heavy (non-hydrogen) atoms. The van der Waals surface area contributed by atoms with Crippen LogP contribution in [0.25, 0.3) is 0 Å². The quantitative estimate of drug-likeness (QED) is 0.773. The Bertz CT molecular complexity index is 706. The lowest BCUT2D eigenvalue weighted by Crippen LogP contribution is -2.44. The van der Waals surface area contributed by atoms with Crippen LogP contribution in [-0.2, 0) is 6.54 Å². The average molecular weight is 328 g/mol. The van der Waals surface area contributed by atoms with E-state index >= 15 is 0 Å². The van der Waals surface area contributed by atoms with E-state index in [2.05, 4.69) is 20.2 Å². The molecule has 1 aliphatic rings. The first-order valence-electron chi connectivity index (χ1n) is 7.96. The lowest BCUT2D eigenvalue weighted by molar-refractivity contribution is 0.0696. The second-order valence-electron chi connectivity index (χ2n) is 5.97. The normalized spacial score (nSPS) is 16.0. The standard InChI is InChI=1S/C17H20N4O3/c22-16(15-18-6-7-19-15)20-14-4-8-21(9-5-14)11-12-2-1-3-13(10-12)17(23)24/h1-3,6-7,10,14H,4-5,8-9,11H2,(H,18,19)(H,20,22)(H,23,24). The van der Waals surface area contributed by atoms with Gasteiger partial charge in [-0.3, -0.25) is 9.69 Å². The number of imidazole rings is 1. The number of aromatic amines is 1. The SMILES string of the molecule is O=C(O)c1cccc(CN2CCC(NC(=O)c3ncc[nH]3)CC2)c1. The molecule has 0 bridgehead atoms. The summed E-state index contributed by atoms with van der Waals surface area (Å²) < 4.78 is 0. The van der Waals surface area contributed by atoms with Crippen molar-refractivity contribution in [1.29, 1.82) is 0 Å². The fourth-order valence-electron chi connectivity index (χ4n) is 2.94. The first-order chi connectivity index (χ1) is 11.6. The van der Waals surface area contributed by atoms with Crippen LogP contribution in [0.3, 0.4) is 0 Å². The van der Waals surface area contributed by atoms with Crippen LogP contribution in [0.15, 0.2) is 36.7 Å². The Morgan fingerprint density at radius 2 is 2.12 bits per heavy atom. The Balaban J connectivity index is 1.49. The van der Waals surface area contributed by atoms with Crippen molar-refractivity contribution in [2.24, 2.45) is 0 Å². The monoisotopic (exact) mass is 328 g/mol. The zero-order valence-corrected chi connectivity index (χ0v) is 13.2. The number of amides is 1. The van der Waals surface area contributed by atoms with Gasteiger partial charge >= 0.3 is 5.97 Å². The Kier molecular flexibility index (Phi) is 4.90. The first-order valence-corrected chi connectivity index (χ1v) is 7.96. The van der Waals surface area contributed by atoms with Gasteiger partial charge in [0.05, 0.1) is 5.56 Å². The number of rotatable bonds is 5. The molecular formula is C17H20N4O3. The molecular weight excluding hydrogens is 308 g/mol. The molecule has 1 aromatic heterocycles. The average Bonchev–Trinajstić information content (AvgIpc) is 3.11. The summed E-state index contributed by atoms with van der Waals surface area (Å²) in [5.41, 5.74) is 1.31. The highest BCUT2D eigenvalue weighted by atomic mass is 16.4. The molecule has 1 fully saturated rings. The van der Waals surface area contributed by atoms with Gasteiger partial charge in [0.1, 0.15) is 0 Å². The van der Waals surface area contributed by atoms with Gasteiger partial charge in [-0.25, -0.2) is 9.78 Å². The smallest absolute Gasteiger partial charge is 0.335 e. The van der Waals surface area contributed by atoms with E-state index in [0.29, 0.717) is 11.4 Å². The predicted molar refractivity (Wildman–Crippen MR) is 87.8 cm³/mol. The topological polar surface area (TPSA) is 98.3 Å². The summed E-state index contributed by atoms with van der Waals surface area (Å²) in [4.78, 5) is 32.0. The van der Waals surface area contributed by atoms with Crippen LogP contribution in [0.4, 0.5) is 0 Å². The summed E-state index contributed by atoms with van der Waals surface area (Å²) in [6.45, 7) is 2.45. The number of hydrogen-bond acceptors (Lipinski definition) is 4. The fourth-order valence-corrected chi connectivity index (χ4v) is 2.94. The van der Waals surface area contributed by atoms with Crippen molar-refractivity contribution in [2.45, 2.75) is 25.4 Å². The van der Waals surface area contributed by atoms with Gasteiger partial charge in [0, 0.05) is 38.1 Å². The minimum absolute atomic E-state index is 0.143. The molecule has 1 amide bonds. The predicted octanol–water partition coefficient (Wildman–Crippen LogP) is 1.50. The van der Waals surface area contributed by atoms with Crippen LogP contribution in [0.1, 0.15) is 39.4 Å². The molecule has 3 rings (SSSR count). The van der Waals surface area contributed by atoms with E-state index in [1.54, 1.807) is 30.6 Å². The zero-order chi connectivity index (χ0) is 16.9. The number of carbonyl (C=O) groups excluding carboxylic acids is 1. The summed E-state index contributed by atoms with van der Waals surface area (Å²) in [5.74, 6) is -0.744. The number of nitrogens with zero attached hydrogens (tertiary/aromatic N) is 2. The molecule has 0 unspecified atom stereocenters. The molecule has 1 saturated heterocycles. The van der Waals surface area contributed by atoms with Crippen LogP contribution in [0, 0.1) is 0 Å². The summed E-state index contributed by atoms with van der Waals surface area (Å²) in [6.07, 6.45) is 4.92. The Morgan fingerprint density at radius 3 is 2.79 bits per heavy atom. The van der Waals surface area contributed by atoms with Gasteiger partial charge in [-0.15, -0.1) is 0 Å². The highest BCUT2D eigenvalue weighted by Gasteiger charge is 2.22. The number of likely N-dealkylation sites (tertiary alicyclic amines) is 1. The minimum atomic E-state index is -0.906. The lowest BCUT2D eigenvalue weighted by Gasteiger charge is -2.32. The number of nitrogens with one attached hydrogen (secondary N) is 2. The minimum Gasteiger partial charge on any atom is -0.478 e. The molecule has 7 heteroatoms. The number of H-pyrrole nitrogens is 1. The molecule has 0 spiro atoms. The molecule has 126 valence electrons. The van der Waals surface area contributed by atoms with Crippen molar-refractivity contribution in [1.82, 2.24) is 20.2 Å². The van der Waals surface area contributed by atoms with Crippen molar-refractivity contribution in [3.8, 4) is 0 Å². The second-order valence-corrected chi connectivity index (χ2v) is 5.97. The van der Waals surface area contributed by atoms with E-state index in [1.807, 2.05) is 6.07 Å². The third-order valence-electron chi connectivity index (χ3n) is 4.22. The summed E-state index contributed by atoms with van der Waals surface area (Å²) >= 11 is 0. The van der Waals surface area contributed by atoms with Crippen LogP contribution in [-0.4, -0.2) is 51.0 Å². The highest BCUT2D eigenvalue weighted by Crippen LogP contribution is 2.15. The largest absolute Gasteiger partial charge is 0.478 e. The summed E-state index contributed by atoms with van der Waals surface area (Å²) in [5, 5.41) is 12.0. The van der Waals surface area contributed by atoms with E-state index < -0.39 is 5.97 Å². The Labute approximate surface area is 139 Å². The van der Waals surface area contributed by atoms with Gasteiger partial charge in [0.2, 0.25) is 0 Å². The highest BCUT2D eigenvalue weighted by molar-refractivity contribution is 5.90. The van der Waals surface area contributed by atoms with Gasteiger partial charge in [-0.2, -0.15) is 0 Å². The maximum absolute atomic E-state index is 12.0. The van der Waals surface area contributed by atoms with Gasteiger partial charge in [0.25, 0.3) is 5.91 Å². The second kappa shape index (κ2) is 7.27. The molecule has 2 heterocycles. The zero-order valence-electron chi connectivity index (χ0n) is 13.2. The van der Waals surface area contributed by atoms with Crippen LogP contribution < -0.4 is 5.32 Å². The van der Waals surface area contributed by atoms with E-state index in [-0.39, 0.29) is 11.9 Å². The number of carboxylic acid groups (broad SMARTS) is 1. The molecule has 1 aliphatic heterocycles. The molecule has 0 atom stereocenters. The molecule has 0 saturated carbocycles. The molecule has 7 nitrogen and oxygen atoms in total. The molecule has 1 aromatic carbocycles. The molecule has 2 aromatic rings. The number of aromatic carboxylic acids is 1. The Hall–Kier alpha value is -2.67. The van der Waals surface area contributed by atoms with E-state index in [0.717, 1.165) is 38.0 Å². The fraction of sp³-hybridized carbons (Fsp3) is 0.353. The van der Waals surface area contributed by atoms with Crippen LogP contribution >= 0.6 is 0 Å². The Morgan fingerprint density at radius 1 is 1.33 bits per heavy atom. The van der Waals surface area contributed by atoms with Gasteiger partial charge in [-0.1, -0.05) is 12.1 Å². The molecule has 0 aliphatic carbocycles. The number of benzene rings is 1. The number of carboxylic acids is 1. The number of hydrogen-bond donors (Lipinski definition) is 3. The van der Waals surface area contributed by atoms with Crippen molar-refractivity contribution in [3.05, 3.63) is 53.6 Å². The van der Waals surface area contributed by atoms with Gasteiger partial charge < -0.3 is 15.4 Å². The maximum Gasteiger partial charge on any atom is 0.335 e. The van der Waals surface area contributed by atoms with Crippen molar-refractivity contribution in [2.75, 3.05) is 13.1 Å². The number of aromatic nitrogens is 2. The molecule has 0 radical (unpaired) electrons. The molecule has 3 N–H and O–H groups in total. The van der Waals surface area contributed by atoms with Gasteiger partial charge in [0.15, 0.2) is 5.82 Å². The summed E-state index contributed by atoms with van der Waals surface area (Å²) in [6, 6.07) is 7.17. The van der Waals surface area contributed by atoms with Crippen LogP contribution in [0.2, 0.25) is 0 Å². The van der Waals surface area contributed by atoms with E-state index in [4.69, 9.17) is 5.11 Å². The first kappa shape index (κ1) is 16.2. The van der Waals surface area contributed by atoms with Crippen LogP contribution in [0.5, 0.6) is 0 Å². The third kappa shape index (κ3) is 3.99. The lowest BCUT2D eigenvalue weighted by atomic mass is 10.0. The number of carbonyl (C=O) groups is 2. The number of piperidine rings is 1. The van der Waals surface area contributed by atoms with Gasteiger partial charge in [-0.05, 0) is 30.5 Å². The van der Waals surface area contributed by atoms with Crippen molar-refractivity contribution in [3.63, 3.8) is 0 Å².